The highest BCUT2D eigenvalue weighted by Crippen LogP contribution is 2.28. The van der Waals surface area contributed by atoms with Crippen molar-refractivity contribution in [2.75, 3.05) is 31.6 Å². The van der Waals surface area contributed by atoms with E-state index >= 15 is 0 Å². The van der Waals surface area contributed by atoms with E-state index in [2.05, 4.69) is 16.5 Å². The fourth-order valence-electron chi connectivity index (χ4n) is 3.60. The second-order valence-corrected chi connectivity index (χ2v) is 8.81. The SMILES string of the molecule is CC(CNS(=O)(=O)c1ccc2c(c1)CCC(=O)N2C)N1CCCCC1. The largest absolute Gasteiger partial charge is 0.315 e. The number of amides is 1. The number of piperidine rings is 1. The van der Waals surface area contributed by atoms with Crippen molar-refractivity contribution < 1.29 is 13.2 Å². The summed E-state index contributed by atoms with van der Waals surface area (Å²) >= 11 is 0. The lowest BCUT2D eigenvalue weighted by Gasteiger charge is -2.32. The Hall–Kier alpha value is -1.44. The zero-order valence-electron chi connectivity index (χ0n) is 15.0. The van der Waals surface area contributed by atoms with Crippen LogP contribution in [0, 0.1) is 0 Å². The summed E-state index contributed by atoms with van der Waals surface area (Å²) in [5, 5.41) is 0. The highest BCUT2D eigenvalue weighted by molar-refractivity contribution is 7.89. The first-order chi connectivity index (χ1) is 11.9. The molecular weight excluding hydrogens is 338 g/mol. The minimum atomic E-state index is -3.54. The molecule has 7 heteroatoms. The van der Waals surface area contributed by atoms with Crippen LogP contribution in [-0.2, 0) is 21.2 Å². The Morgan fingerprint density at radius 3 is 2.60 bits per heavy atom. The van der Waals surface area contributed by atoms with Crippen molar-refractivity contribution in [1.29, 1.82) is 0 Å². The number of rotatable bonds is 5. The summed E-state index contributed by atoms with van der Waals surface area (Å²) in [6.07, 6.45) is 4.65. The molecule has 2 heterocycles. The van der Waals surface area contributed by atoms with Crippen LogP contribution < -0.4 is 9.62 Å². The summed E-state index contributed by atoms with van der Waals surface area (Å²) in [6, 6.07) is 5.21. The lowest BCUT2D eigenvalue weighted by atomic mass is 10.0. The Labute approximate surface area is 150 Å². The van der Waals surface area contributed by atoms with E-state index in [1.165, 1.54) is 19.3 Å². The van der Waals surface area contributed by atoms with E-state index < -0.39 is 10.0 Å². The van der Waals surface area contributed by atoms with Crippen LogP contribution in [0.3, 0.4) is 0 Å². The van der Waals surface area contributed by atoms with E-state index in [1.54, 1.807) is 30.1 Å². The number of carbonyl (C=O) groups excluding carboxylic acids is 1. The van der Waals surface area contributed by atoms with Gasteiger partial charge in [-0.2, -0.15) is 0 Å². The maximum Gasteiger partial charge on any atom is 0.240 e. The van der Waals surface area contributed by atoms with Gasteiger partial charge in [-0.05, 0) is 63.0 Å². The molecule has 1 aromatic carbocycles. The van der Waals surface area contributed by atoms with Crippen LogP contribution in [0.5, 0.6) is 0 Å². The second-order valence-electron chi connectivity index (χ2n) is 7.04. The van der Waals surface area contributed by atoms with E-state index in [0.29, 0.717) is 19.4 Å². The molecule has 138 valence electrons. The van der Waals surface area contributed by atoms with Crippen molar-refractivity contribution in [2.24, 2.45) is 0 Å². The highest BCUT2D eigenvalue weighted by Gasteiger charge is 2.24. The molecule has 0 bridgehead atoms. The van der Waals surface area contributed by atoms with E-state index in [-0.39, 0.29) is 16.8 Å². The predicted molar refractivity (Wildman–Crippen MR) is 98.2 cm³/mol. The third-order valence-corrected chi connectivity index (χ3v) is 6.71. The summed E-state index contributed by atoms with van der Waals surface area (Å²) in [6.45, 7) is 4.57. The Kier molecular flexibility index (Phi) is 5.46. The van der Waals surface area contributed by atoms with Gasteiger partial charge in [0.1, 0.15) is 0 Å². The third-order valence-electron chi connectivity index (χ3n) is 5.29. The first kappa shape index (κ1) is 18.4. The first-order valence-corrected chi connectivity index (χ1v) is 10.5. The highest BCUT2D eigenvalue weighted by atomic mass is 32.2. The van der Waals surface area contributed by atoms with Crippen molar-refractivity contribution in [3.8, 4) is 0 Å². The number of nitrogens with one attached hydrogen (secondary N) is 1. The average molecular weight is 365 g/mol. The molecule has 2 aliphatic rings. The molecule has 2 aliphatic heterocycles. The summed E-state index contributed by atoms with van der Waals surface area (Å²) in [5.41, 5.74) is 1.71. The fourth-order valence-corrected chi connectivity index (χ4v) is 4.77. The zero-order chi connectivity index (χ0) is 18.0. The van der Waals surface area contributed by atoms with Gasteiger partial charge in [-0.1, -0.05) is 6.42 Å². The number of likely N-dealkylation sites (tertiary alicyclic amines) is 1. The van der Waals surface area contributed by atoms with Gasteiger partial charge in [0.25, 0.3) is 0 Å². The van der Waals surface area contributed by atoms with E-state index in [9.17, 15) is 13.2 Å². The molecule has 0 spiro atoms. The minimum absolute atomic E-state index is 0.0663. The molecule has 0 aliphatic carbocycles. The first-order valence-electron chi connectivity index (χ1n) is 9.02. The smallest absolute Gasteiger partial charge is 0.240 e. The number of hydrogen-bond donors (Lipinski definition) is 1. The van der Waals surface area contributed by atoms with Gasteiger partial charge in [-0.15, -0.1) is 0 Å². The van der Waals surface area contributed by atoms with Crippen LogP contribution in [0.2, 0.25) is 0 Å². The molecule has 1 aromatic rings. The van der Waals surface area contributed by atoms with E-state index in [4.69, 9.17) is 0 Å². The molecule has 6 nitrogen and oxygen atoms in total. The second kappa shape index (κ2) is 7.43. The topological polar surface area (TPSA) is 69.7 Å². The van der Waals surface area contributed by atoms with Crippen molar-refractivity contribution in [3.63, 3.8) is 0 Å². The molecule has 1 saturated heterocycles. The molecule has 1 atom stereocenters. The Balaban J connectivity index is 1.69. The average Bonchev–Trinajstić information content (AvgIpc) is 2.63. The van der Waals surface area contributed by atoms with Gasteiger partial charge in [0.05, 0.1) is 4.90 Å². The number of hydrogen-bond acceptors (Lipinski definition) is 4. The molecule has 1 amide bonds. The number of carbonyl (C=O) groups is 1. The van der Waals surface area contributed by atoms with E-state index in [0.717, 1.165) is 24.3 Å². The van der Waals surface area contributed by atoms with Gasteiger partial charge < -0.3 is 4.90 Å². The number of nitrogens with zero attached hydrogens (tertiary/aromatic N) is 2. The fraction of sp³-hybridized carbons (Fsp3) is 0.611. The quantitative estimate of drug-likeness (QED) is 0.863. The summed E-state index contributed by atoms with van der Waals surface area (Å²) < 4.78 is 28.0. The molecule has 1 unspecified atom stereocenters. The van der Waals surface area contributed by atoms with Crippen LogP contribution in [0.15, 0.2) is 23.1 Å². The van der Waals surface area contributed by atoms with Crippen LogP contribution in [0.4, 0.5) is 5.69 Å². The lowest BCUT2D eigenvalue weighted by Crippen LogP contribution is -2.44. The van der Waals surface area contributed by atoms with Crippen molar-refractivity contribution in [1.82, 2.24) is 9.62 Å². The third kappa shape index (κ3) is 4.04. The minimum Gasteiger partial charge on any atom is -0.315 e. The Bertz CT molecular complexity index is 742. The number of benzene rings is 1. The van der Waals surface area contributed by atoms with Gasteiger partial charge in [-0.25, -0.2) is 13.1 Å². The predicted octanol–water partition coefficient (Wildman–Crippen LogP) is 1.75. The summed E-state index contributed by atoms with van der Waals surface area (Å²) in [7, 11) is -1.81. The molecule has 0 saturated carbocycles. The van der Waals surface area contributed by atoms with Gasteiger partial charge in [0.15, 0.2) is 0 Å². The van der Waals surface area contributed by atoms with Crippen LogP contribution in [0.1, 0.15) is 38.2 Å². The summed E-state index contributed by atoms with van der Waals surface area (Å²) in [5.74, 6) is 0.0663. The maximum atomic E-state index is 12.6. The lowest BCUT2D eigenvalue weighted by molar-refractivity contribution is -0.118. The standard InChI is InChI=1S/C18H27N3O3S/c1-14(21-10-4-3-5-11-21)13-19-25(23,24)16-7-8-17-15(12-16)6-9-18(22)20(17)2/h7-8,12,14,19H,3-6,9-11,13H2,1-2H3. The number of anilines is 1. The van der Waals surface area contributed by atoms with Gasteiger partial charge in [0.2, 0.25) is 15.9 Å². The molecule has 0 radical (unpaired) electrons. The van der Waals surface area contributed by atoms with Crippen LogP contribution >= 0.6 is 0 Å². The monoisotopic (exact) mass is 365 g/mol. The molecule has 3 rings (SSSR count). The molecule has 1 N–H and O–H groups in total. The molecular formula is C18H27N3O3S. The van der Waals surface area contributed by atoms with Crippen LogP contribution in [0.25, 0.3) is 0 Å². The van der Waals surface area contributed by atoms with Crippen molar-refractivity contribution in [2.45, 2.75) is 50.0 Å². The summed E-state index contributed by atoms with van der Waals surface area (Å²) in [4.78, 5) is 16.0. The Morgan fingerprint density at radius 2 is 1.88 bits per heavy atom. The zero-order valence-corrected chi connectivity index (χ0v) is 15.8. The molecule has 25 heavy (non-hydrogen) atoms. The Morgan fingerprint density at radius 1 is 1.16 bits per heavy atom. The number of sulfonamides is 1. The normalized spacial score (nSPS) is 20.4. The molecule has 1 fully saturated rings. The van der Waals surface area contributed by atoms with Gasteiger partial charge >= 0.3 is 0 Å². The van der Waals surface area contributed by atoms with Crippen molar-refractivity contribution >= 4 is 21.6 Å². The van der Waals surface area contributed by atoms with Crippen LogP contribution in [-0.4, -0.2) is 51.9 Å². The van der Waals surface area contributed by atoms with E-state index in [1.807, 2.05) is 0 Å². The van der Waals surface area contributed by atoms with Gasteiger partial charge in [-0.3, -0.25) is 9.69 Å². The molecule has 0 aromatic heterocycles. The number of aryl methyl sites for hydroxylation is 1. The number of fused-ring (bicyclic) bond motifs is 1. The van der Waals surface area contributed by atoms with Crippen molar-refractivity contribution in [3.05, 3.63) is 23.8 Å². The van der Waals surface area contributed by atoms with Gasteiger partial charge in [0, 0.05) is 31.7 Å². The maximum absolute atomic E-state index is 12.6.